The molecular weight excluding hydrogens is 279 g/mol. The lowest BCUT2D eigenvalue weighted by atomic mass is 10.1. The first-order valence-corrected chi connectivity index (χ1v) is 7.38. The predicted molar refractivity (Wildman–Crippen MR) is 86.1 cm³/mol. The average Bonchev–Trinajstić information content (AvgIpc) is 2.49. The number of hydrogen-bond donors (Lipinski definition) is 2. The molecule has 0 aliphatic heterocycles. The molecular formula is C18H21FN2O. The van der Waals surface area contributed by atoms with E-state index < -0.39 is 0 Å². The minimum Gasteiger partial charge on any atom is -0.335 e. The zero-order valence-electron chi connectivity index (χ0n) is 12.9. The van der Waals surface area contributed by atoms with Gasteiger partial charge in [0.05, 0.1) is 0 Å². The second-order valence-corrected chi connectivity index (χ2v) is 5.45. The fourth-order valence-corrected chi connectivity index (χ4v) is 2.30. The molecule has 2 N–H and O–H groups in total. The van der Waals surface area contributed by atoms with Crippen LogP contribution in [0, 0.1) is 12.7 Å². The lowest BCUT2D eigenvalue weighted by molar-refractivity contribution is 0.237. The summed E-state index contributed by atoms with van der Waals surface area (Å²) in [6, 6.07) is 14.1. The number of nitrogens with one attached hydrogen (secondary N) is 2. The van der Waals surface area contributed by atoms with E-state index in [1.165, 1.54) is 6.07 Å². The Morgan fingerprint density at radius 2 is 1.73 bits per heavy atom. The van der Waals surface area contributed by atoms with Crippen molar-refractivity contribution in [2.75, 3.05) is 0 Å². The lowest BCUT2D eigenvalue weighted by Gasteiger charge is -2.15. The van der Waals surface area contributed by atoms with Crippen molar-refractivity contribution in [1.82, 2.24) is 10.6 Å². The Morgan fingerprint density at radius 3 is 2.41 bits per heavy atom. The Labute approximate surface area is 130 Å². The van der Waals surface area contributed by atoms with Crippen molar-refractivity contribution >= 4 is 6.03 Å². The van der Waals surface area contributed by atoms with Gasteiger partial charge in [0, 0.05) is 12.6 Å². The summed E-state index contributed by atoms with van der Waals surface area (Å²) in [5.74, 6) is -0.239. The number of halogens is 1. The SMILES string of the molecule is Cc1ccccc1CNC(=O)NC(C)Cc1ccccc1F. The van der Waals surface area contributed by atoms with Crippen molar-refractivity contribution < 1.29 is 9.18 Å². The first-order valence-electron chi connectivity index (χ1n) is 7.38. The molecule has 0 saturated carbocycles. The number of carbonyl (C=O) groups excluding carboxylic acids is 1. The maximum absolute atomic E-state index is 13.6. The van der Waals surface area contributed by atoms with Crippen LogP contribution in [0.25, 0.3) is 0 Å². The molecule has 1 unspecified atom stereocenters. The zero-order valence-corrected chi connectivity index (χ0v) is 12.9. The van der Waals surface area contributed by atoms with Gasteiger partial charge in [-0.1, -0.05) is 42.5 Å². The molecule has 2 aromatic rings. The molecule has 0 heterocycles. The lowest BCUT2D eigenvalue weighted by Crippen LogP contribution is -2.41. The van der Waals surface area contributed by atoms with E-state index in [0.29, 0.717) is 18.5 Å². The van der Waals surface area contributed by atoms with Gasteiger partial charge in [-0.15, -0.1) is 0 Å². The summed E-state index contributed by atoms with van der Waals surface area (Å²) in [5, 5.41) is 5.66. The fraction of sp³-hybridized carbons (Fsp3) is 0.278. The Hall–Kier alpha value is -2.36. The van der Waals surface area contributed by atoms with E-state index in [1.54, 1.807) is 18.2 Å². The first kappa shape index (κ1) is 16.0. The highest BCUT2D eigenvalue weighted by Crippen LogP contribution is 2.09. The highest BCUT2D eigenvalue weighted by Gasteiger charge is 2.10. The van der Waals surface area contributed by atoms with Gasteiger partial charge in [0.15, 0.2) is 0 Å². The number of rotatable bonds is 5. The fourth-order valence-electron chi connectivity index (χ4n) is 2.30. The third kappa shape index (κ3) is 4.58. The second kappa shape index (κ2) is 7.59. The molecule has 0 fully saturated rings. The van der Waals surface area contributed by atoms with Crippen LogP contribution in [0.2, 0.25) is 0 Å². The van der Waals surface area contributed by atoms with Crippen LogP contribution in [-0.4, -0.2) is 12.1 Å². The van der Waals surface area contributed by atoms with Crippen molar-refractivity contribution in [2.45, 2.75) is 32.9 Å². The molecule has 0 saturated heterocycles. The molecule has 0 aliphatic carbocycles. The van der Waals surface area contributed by atoms with Crippen LogP contribution in [0.5, 0.6) is 0 Å². The molecule has 1 atom stereocenters. The van der Waals surface area contributed by atoms with Crippen molar-refractivity contribution in [2.24, 2.45) is 0 Å². The van der Waals surface area contributed by atoms with Crippen molar-refractivity contribution in [3.63, 3.8) is 0 Å². The van der Waals surface area contributed by atoms with Gasteiger partial charge in [0.25, 0.3) is 0 Å². The van der Waals surface area contributed by atoms with E-state index in [-0.39, 0.29) is 17.9 Å². The molecule has 22 heavy (non-hydrogen) atoms. The maximum atomic E-state index is 13.6. The Bertz CT molecular complexity index is 642. The molecule has 2 rings (SSSR count). The second-order valence-electron chi connectivity index (χ2n) is 5.45. The van der Waals surface area contributed by atoms with Crippen LogP contribution in [0.1, 0.15) is 23.6 Å². The van der Waals surface area contributed by atoms with Crippen molar-refractivity contribution in [3.8, 4) is 0 Å². The number of aryl methyl sites for hydroxylation is 1. The van der Waals surface area contributed by atoms with E-state index >= 15 is 0 Å². The van der Waals surface area contributed by atoms with Crippen molar-refractivity contribution in [1.29, 1.82) is 0 Å². The van der Waals surface area contributed by atoms with Crippen LogP contribution in [-0.2, 0) is 13.0 Å². The standard InChI is InChI=1S/C18H21FN2O/c1-13-7-3-4-9-16(13)12-20-18(22)21-14(2)11-15-8-5-6-10-17(15)19/h3-10,14H,11-12H2,1-2H3,(H2,20,21,22). The summed E-state index contributed by atoms with van der Waals surface area (Å²) in [6.07, 6.45) is 0.463. The van der Waals surface area contributed by atoms with E-state index in [4.69, 9.17) is 0 Å². The molecule has 4 heteroatoms. The number of carbonyl (C=O) groups is 1. The Kier molecular flexibility index (Phi) is 5.53. The van der Waals surface area contributed by atoms with E-state index in [2.05, 4.69) is 10.6 Å². The van der Waals surface area contributed by atoms with E-state index in [9.17, 15) is 9.18 Å². The highest BCUT2D eigenvalue weighted by molar-refractivity contribution is 5.74. The van der Waals surface area contributed by atoms with Gasteiger partial charge in [0.2, 0.25) is 0 Å². The average molecular weight is 300 g/mol. The molecule has 0 radical (unpaired) electrons. The third-order valence-electron chi connectivity index (χ3n) is 3.56. The summed E-state index contributed by atoms with van der Waals surface area (Å²) in [7, 11) is 0. The van der Waals surface area contributed by atoms with Crippen LogP contribution in [0.3, 0.4) is 0 Å². The minimum atomic E-state index is -0.243. The molecule has 0 bridgehead atoms. The molecule has 116 valence electrons. The molecule has 0 aliphatic rings. The quantitative estimate of drug-likeness (QED) is 0.871. The minimum absolute atomic E-state index is 0.145. The number of hydrogen-bond acceptors (Lipinski definition) is 1. The van der Waals surface area contributed by atoms with Gasteiger partial charge in [-0.05, 0) is 43.0 Å². The monoisotopic (exact) mass is 300 g/mol. The normalized spacial score (nSPS) is 11.8. The molecule has 2 amide bonds. The molecule has 0 spiro atoms. The van der Waals surface area contributed by atoms with Gasteiger partial charge in [-0.3, -0.25) is 0 Å². The summed E-state index contributed by atoms with van der Waals surface area (Å²) in [4.78, 5) is 11.9. The third-order valence-corrected chi connectivity index (χ3v) is 3.56. The van der Waals surface area contributed by atoms with Gasteiger partial charge < -0.3 is 10.6 Å². The summed E-state index contributed by atoms with van der Waals surface area (Å²) in [5.41, 5.74) is 2.83. The van der Waals surface area contributed by atoms with Gasteiger partial charge in [0.1, 0.15) is 5.82 Å². The predicted octanol–water partition coefficient (Wildman–Crippen LogP) is 3.56. The smallest absolute Gasteiger partial charge is 0.315 e. The van der Waals surface area contributed by atoms with Gasteiger partial charge >= 0.3 is 6.03 Å². The topological polar surface area (TPSA) is 41.1 Å². The summed E-state index contributed by atoms with van der Waals surface area (Å²) in [6.45, 7) is 4.35. The van der Waals surface area contributed by atoms with E-state index in [0.717, 1.165) is 11.1 Å². The Morgan fingerprint density at radius 1 is 1.09 bits per heavy atom. The summed E-state index contributed by atoms with van der Waals surface area (Å²) < 4.78 is 13.6. The molecule has 3 nitrogen and oxygen atoms in total. The van der Waals surface area contributed by atoms with Crippen LogP contribution < -0.4 is 10.6 Å². The number of amides is 2. The Balaban J connectivity index is 1.82. The largest absolute Gasteiger partial charge is 0.335 e. The van der Waals surface area contributed by atoms with E-state index in [1.807, 2.05) is 38.1 Å². The van der Waals surface area contributed by atoms with Crippen LogP contribution >= 0.6 is 0 Å². The zero-order chi connectivity index (χ0) is 15.9. The van der Waals surface area contributed by atoms with Gasteiger partial charge in [-0.2, -0.15) is 0 Å². The number of benzene rings is 2. The first-order chi connectivity index (χ1) is 10.6. The van der Waals surface area contributed by atoms with Crippen LogP contribution in [0.15, 0.2) is 48.5 Å². The van der Waals surface area contributed by atoms with Gasteiger partial charge in [-0.25, -0.2) is 9.18 Å². The maximum Gasteiger partial charge on any atom is 0.315 e. The molecule has 2 aromatic carbocycles. The molecule has 0 aromatic heterocycles. The van der Waals surface area contributed by atoms with Crippen molar-refractivity contribution in [3.05, 3.63) is 71.0 Å². The highest BCUT2D eigenvalue weighted by atomic mass is 19.1. The number of urea groups is 1. The summed E-state index contributed by atoms with van der Waals surface area (Å²) >= 11 is 0. The van der Waals surface area contributed by atoms with Crippen LogP contribution in [0.4, 0.5) is 9.18 Å².